The molecule has 17 heavy (non-hydrogen) atoms. The number of carbonyl (C=O) groups is 1. The van der Waals surface area contributed by atoms with Gasteiger partial charge in [0.2, 0.25) is 0 Å². The van der Waals surface area contributed by atoms with E-state index < -0.39 is 0 Å². The van der Waals surface area contributed by atoms with Gasteiger partial charge in [-0.25, -0.2) is 0 Å². The Morgan fingerprint density at radius 3 is 2.65 bits per heavy atom. The van der Waals surface area contributed by atoms with Gasteiger partial charge in [0.05, 0.1) is 0 Å². The van der Waals surface area contributed by atoms with E-state index in [9.17, 15) is 4.79 Å². The van der Waals surface area contributed by atoms with Crippen LogP contribution in [0.2, 0.25) is 0 Å². The number of carbonyl (C=O) groups excluding carboxylic acids is 1. The van der Waals surface area contributed by atoms with Gasteiger partial charge in [-0.1, -0.05) is 37.5 Å². The van der Waals surface area contributed by atoms with Crippen molar-refractivity contribution >= 4 is 17.4 Å². The maximum absolute atomic E-state index is 11.8. The number of rotatable bonds is 1. The summed E-state index contributed by atoms with van der Waals surface area (Å²) in [7, 11) is 0. The Labute approximate surface area is 107 Å². The van der Waals surface area contributed by atoms with Crippen molar-refractivity contribution in [3.8, 4) is 0 Å². The summed E-state index contributed by atoms with van der Waals surface area (Å²) in [5, 5.41) is -0.327. The van der Waals surface area contributed by atoms with E-state index in [1.165, 1.54) is 37.7 Å². The highest BCUT2D eigenvalue weighted by molar-refractivity contribution is 6.35. The molecule has 2 heteroatoms. The lowest BCUT2D eigenvalue weighted by molar-refractivity contribution is 0.0998. The molecule has 2 aliphatic rings. The Bertz CT molecular complexity index is 446. The molecular weight excluding hydrogens is 232 g/mol. The SMILES string of the molecule is O=C1c2ccc(C3CCCCC3)cc2CC1Cl. The summed E-state index contributed by atoms with van der Waals surface area (Å²) in [6.07, 6.45) is 7.39. The average molecular weight is 249 g/mol. The van der Waals surface area contributed by atoms with Crippen molar-refractivity contribution < 1.29 is 4.79 Å². The number of halogens is 1. The van der Waals surface area contributed by atoms with E-state index in [-0.39, 0.29) is 11.2 Å². The fraction of sp³-hybridized carbons (Fsp3) is 0.533. The molecule has 3 rings (SSSR count). The van der Waals surface area contributed by atoms with Gasteiger partial charge in [-0.2, -0.15) is 0 Å². The molecule has 0 N–H and O–H groups in total. The summed E-state index contributed by atoms with van der Waals surface area (Å²) in [4.78, 5) is 11.8. The quantitative estimate of drug-likeness (QED) is 0.685. The summed E-state index contributed by atoms with van der Waals surface area (Å²) in [6, 6.07) is 6.36. The second-order valence-electron chi connectivity index (χ2n) is 5.29. The van der Waals surface area contributed by atoms with Crippen LogP contribution in [0.3, 0.4) is 0 Å². The fourth-order valence-electron chi connectivity index (χ4n) is 3.17. The molecule has 1 aromatic rings. The zero-order valence-electron chi connectivity index (χ0n) is 9.92. The molecule has 0 saturated heterocycles. The van der Waals surface area contributed by atoms with Crippen LogP contribution < -0.4 is 0 Å². The first-order valence-electron chi connectivity index (χ1n) is 6.57. The topological polar surface area (TPSA) is 17.1 Å². The molecule has 2 aliphatic carbocycles. The molecule has 0 radical (unpaired) electrons. The third-order valence-electron chi connectivity index (χ3n) is 4.15. The fourth-order valence-corrected chi connectivity index (χ4v) is 3.45. The van der Waals surface area contributed by atoms with Crippen molar-refractivity contribution in [1.29, 1.82) is 0 Å². The minimum atomic E-state index is -0.327. The van der Waals surface area contributed by atoms with Gasteiger partial charge in [0.15, 0.2) is 5.78 Å². The molecule has 0 heterocycles. The Balaban J connectivity index is 1.89. The van der Waals surface area contributed by atoms with E-state index >= 15 is 0 Å². The molecule has 1 fully saturated rings. The van der Waals surface area contributed by atoms with Crippen LogP contribution >= 0.6 is 11.6 Å². The largest absolute Gasteiger partial charge is 0.292 e. The van der Waals surface area contributed by atoms with Crippen LogP contribution in [0, 0.1) is 0 Å². The van der Waals surface area contributed by atoms with Gasteiger partial charge in [0, 0.05) is 5.56 Å². The highest BCUT2D eigenvalue weighted by Gasteiger charge is 2.29. The van der Waals surface area contributed by atoms with Crippen LogP contribution in [-0.4, -0.2) is 11.2 Å². The van der Waals surface area contributed by atoms with Crippen molar-refractivity contribution in [3.05, 3.63) is 34.9 Å². The lowest BCUT2D eigenvalue weighted by Gasteiger charge is -2.22. The van der Waals surface area contributed by atoms with Crippen LogP contribution in [0.25, 0.3) is 0 Å². The summed E-state index contributed by atoms with van der Waals surface area (Å²) < 4.78 is 0. The smallest absolute Gasteiger partial charge is 0.181 e. The van der Waals surface area contributed by atoms with Crippen molar-refractivity contribution in [2.45, 2.75) is 49.8 Å². The number of ketones is 1. The lowest BCUT2D eigenvalue weighted by Crippen LogP contribution is -2.06. The maximum Gasteiger partial charge on any atom is 0.181 e. The number of alkyl halides is 1. The van der Waals surface area contributed by atoms with Crippen LogP contribution in [0.5, 0.6) is 0 Å². The van der Waals surface area contributed by atoms with Gasteiger partial charge in [0.25, 0.3) is 0 Å². The zero-order chi connectivity index (χ0) is 11.8. The lowest BCUT2D eigenvalue weighted by atomic mass is 9.83. The third kappa shape index (κ3) is 2.01. The van der Waals surface area contributed by atoms with E-state index in [0.717, 1.165) is 17.5 Å². The van der Waals surface area contributed by atoms with Gasteiger partial charge < -0.3 is 0 Å². The predicted molar refractivity (Wildman–Crippen MR) is 69.9 cm³/mol. The van der Waals surface area contributed by atoms with E-state index in [4.69, 9.17) is 11.6 Å². The monoisotopic (exact) mass is 248 g/mol. The number of fused-ring (bicyclic) bond motifs is 1. The second-order valence-corrected chi connectivity index (χ2v) is 5.81. The zero-order valence-corrected chi connectivity index (χ0v) is 10.7. The van der Waals surface area contributed by atoms with Gasteiger partial charge in [0.1, 0.15) is 5.38 Å². The van der Waals surface area contributed by atoms with E-state index in [0.29, 0.717) is 5.92 Å². The summed E-state index contributed by atoms with van der Waals surface area (Å²) >= 11 is 6.02. The van der Waals surface area contributed by atoms with Crippen molar-refractivity contribution in [2.75, 3.05) is 0 Å². The number of hydrogen-bond donors (Lipinski definition) is 0. The molecule has 1 atom stereocenters. The second kappa shape index (κ2) is 4.45. The molecule has 0 aromatic heterocycles. The maximum atomic E-state index is 11.8. The highest BCUT2D eigenvalue weighted by Crippen LogP contribution is 2.35. The van der Waals surface area contributed by atoms with Crippen molar-refractivity contribution in [2.24, 2.45) is 0 Å². The van der Waals surface area contributed by atoms with Crippen LogP contribution in [-0.2, 0) is 6.42 Å². The van der Waals surface area contributed by atoms with E-state index in [2.05, 4.69) is 12.1 Å². The Kier molecular flexibility index (Phi) is 2.96. The first-order chi connectivity index (χ1) is 8.25. The van der Waals surface area contributed by atoms with Gasteiger partial charge in [-0.05, 0) is 36.3 Å². The molecule has 0 amide bonds. The van der Waals surface area contributed by atoms with Crippen LogP contribution in [0.4, 0.5) is 0 Å². The molecule has 0 spiro atoms. The Hall–Kier alpha value is -0.820. The van der Waals surface area contributed by atoms with E-state index in [1.807, 2.05) is 6.07 Å². The molecule has 1 saturated carbocycles. The molecule has 0 aliphatic heterocycles. The predicted octanol–water partition coefficient (Wildman–Crippen LogP) is 4.08. The molecule has 1 nitrogen and oxygen atoms in total. The number of benzene rings is 1. The standard InChI is InChI=1S/C15H17ClO/c16-14-9-12-8-11(6-7-13(12)15(14)17)10-4-2-1-3-5-10/h6-8,10,14H,1-5,9H2. The number of hydrogen-bond acceptors (Lipinski definition) is 1. The molecule has 1 aromatic carbocycles. The first-order valence-corrected chi connectivity index (χ1v) is 7.00. The third-order valence-corrected chi connectivity index (χ3v) is 4.51. The van der Waals surface area contributed by atoms with Gasteiger partial charge >= 0.3 is 0 Å². The summed E-state index contributed by atoms with van der Waals surface area (Å²) in [5.74, 6) is 0.815. The Morgan fingerprint density at radius 2 is 1.88 bits per heavy atom. The van der Waals surface area contributed by atoms with Crippen molar-refractivity contribution in [3.63, 3.8) is 0 Å². The van der Waals surface area contributed by atoms with Gasteiger partial charge in [-0.3, -0.25) is 4.79 Å². The first kappa shape index (κ1) is 11.3. The minimum absolute atomic E-state index is 0.108. The summed E-state index contributed by atoms with van der Waals surface area (Å²) in [6.45, 7) is 0. The Morgan fingerprint density at radius 1 is 1.12 bits per heavy atom. The van der Waals surface area contributed by atoms with Gasteiger partial charge in [-0.15, -0.1) is 11.6 Å². The normalized spacial score (nSPS) is 25.0. The highest BCUT2D eigenvalue weighted by atomic mass is 35.5. The minimum Gasteiger partial charge on any atom is -0.292 e. The van der Waals surface area contributed by atoms with E-state index in [1.54, 1.807) is 0 Å². The summed E-state index contributed by atoms with van der Waals surface area (Å²) in [5.41, 5.74) is 3.43. The molecule has 1 unspecified atom stereocenters. The molecule has 0 bridgehead atoms. The average Bonchev–Trinajstić information content (AvgIpc) is 2.66. The molecular formula is C15H17ClO. The number of Topliss-reactive ketones (excluding diaryl/α,β-unsaturated/α-hetero) is 1. The van der Waals surface area contributed by atoms with Crippen LogP contribution in [0.15, 0.2) is 18.2 Å². The van der Waals surface area contributed by atoms with Crippen molar-refractivity contribution in [1.82, 2.24) is 0 Å². The molecule has 90 valence electrons. The van der Waals surface area contributed by atoms with Crippen LogP contribution in [0.1, 0.15) is 59.5 Å².